The highest BCUT2D eigenvalue weighted by molar-refractivity contribution is 5.98. The van der Waals surface area contributed by atoms with Crippen LogP contribution in [0.2, 0.25) is 0 Å². The van der Waals surface area contributed by atoms with Crippen LogP contribution in [0.1, 0.15) is 55.6 Å². The Morgan fingerprint density at radius 2 is 1.97 bits per heavy atom. The molecule has 3 aliphatic rings. The van der Waals surface area contributed by atoms with Gasteiger partial charge in [-0.3, -0.25) is 10.00 Å². The fraction of sp³-hybridized carbons (Fsp3) is 0.667. The summed E-state index contributed by atoms with van der Waals surface area (Å²) < 4.78 is 10.4. The molecule has 1 N–H and O–H groups in total. The van der Waals surface area contributed by atoms with Gasteiger partial charge in [0.2, 0.25) is 0 Å². The Labute approximate surface area is 172 Å². The standard InChI is InChI=1S/C21H29N5O3.H2/c1-28-21(27)16-13-17(18-19(14-3-2-4-14)23-24-20(18)22-16)26-7-5-15(6-8-26)25-9-11-29-12-10-25;/h13-15H,2-12H2,1H3,(H,22,23,24);1H. The van der Waals surface area contributed by atoms with E-state index < -0.39 is 5.97 Å². The summed E-state index contributed by atoms with van der Waals surface area (Å²) in [4.78, 5) is 21.7. The summed E-state index contributed by atoms with van der Waals surface area (Å²) in [6.45, 7) is 5.68. The zero-order valence-corrected chi connectivity index (χ0v) is 17.0. The Bertz CT molecular complexity index is 886. The fourth-order valence-electron chi connectivity index (χ4n) is 4.89. The van der Waals surface area contributed by atoms with E-state index in [2.05, 4.69) is 25.0 Å². The van der Waals surface area contributed by atoms with Crippen LogP contribution in [-0.4, -0.2) is 78.6 Å². The minimum absolute atomic E-state index is 0. The SMILES string of the molecule is COC(=O)c1cc(N2CCC(N3CCOCC3)CC2)c2c(C3CCC3)[nH]nc2n1.[HH]. The summed E-state index contributed by atoms with van der Waals surface area (Å²) in [6.07, 6.45) is 5.88. The van der Waals surface area contributed by atoms with Crippen molar-refractivity contribution in [1.82, 2.24) is 20.1 Å². The highest BCUT2D eigenvalue weighted by Crippen LogP contribution is 2.41. The van der Waals surface area contributed by atoms with Crippen molar-refractivity contribution in [1.29, 1.82) is 0 Å². The average Bonchev–Trinajstić information content (AvgIpc) is 3.15. The largest absolute Gasteiger partial charge is 0.464 e. The lowest BCUT2D eigenvalue weighted by molar-refractivity contribution is 0.0115. The molecule has 2 saturated heterocycles. The second-order valence-electron chi connectivity index (χ2n) is 8.35. The summed E-state index contributed by atoms with van der Waals surface area (Å²) in [5.41, 5.74) is 3.21. The number of aromatic nitrogens is 3. The molecule has 0 spiro atoms. The number of nitrogens with zero attached hydrogens (tertiary/aromatic N) is 4. The van der Waals surface area contributed by atoms with Crippen LogP contribution >= 0.6 is 0 Å². The van der Waals surface area contributed by atoms with Crippen molar-refractivity contribution in [2.24, 2.45) is 0 Å². The van der Waals surface area contributed by atoms with E-state index in [1.807, 2.05) is 6.07 Å². The highest BCUT2D eigenvalue weighted by atomic mass is 16.5. The van der Waals surface area contributed by atoms with E-state index in [4.69, 9.17) is 9.47 Å². The number of hydrogen-bond donors (Lipinski definition) is 1. The molecule has 0 unspecified atom stereocenters. The molecule has 1 aliphatic carbocycles. The molecule has 2 aliphatic heterocycles. The molecule has 0 bridgehead atoms. The number of methoxy groups -OCH3 is 1. The number of anilines is 1. The maximum Gasteiger partial charge on any atom is 0.356 e. The number of esters is 1. The van der Waals surface area contributed by atoms with Crippen LogP contribution in [0.4, 0.5) is 5.69 Å². The summed E-state index contributed by atoms with van der Waals surface area (Å²) in [5, 5.41) is 8.77. The van der Waals surface area contributed by atoms with Crippen molar-refractivity contribution in [3.05, 3.63) is 17.5 Å². The number of nitrogens with one attached hydrogen (secondary N) is 1. The minimum Gasteiger partial charge on any atom is -0.464 e. The summed E-state index contributed by atoms with van der Waals surface area (Å²) in [6, 6.07) is 2.52. The van der Waals surface area contributed by atoms with Crippen LogP contribution in [0.25, 0.3) is 11.0 Å². The van der Waals surface area contributed by atoms with E-state index in [-0.39, 0.29) is 1.43 Å². The van der Waals surface area contributed by atoms with E-state index in [1.165, 1.54) is 32.1 Å². The van der Waals surface area contributed by atoms with E-state index in [0.717, 1.165) is 63.3 Å². The van der Waals surface area contributed by atoms with Gasteiger partial charge in [0.25, 0.3) is 0 Å². The predicted octanol–water partition coefficient (Wildman–Crippen LogP) is 2.56. The van der Waals surface area contributed by atoms with Crippen LogP contribution < -0.4 is 4.90 Å². The molecule has 5 rings (SSSR count). The predicted molar refractivity (Wildman–Crippen MR) is 112 cm³/mol. The smallest absolute Gasteiger partial charge is 0.356 e. The second kappa shape index (κ2) is 7.91. The van der Waals surface area contributed by atoms with Gasteiger partial charge in [-0.1, -0.05) is 6.42 Å². The lowest BCUT2D eigenvalue weighted by atomic mass is 9.82. The van der Waals surface area contributed by atoms with Gasteiger partial charge in [0.1, 0.15) is 0 Å². The number of carbonyl (C=O) groups excluding carboxylic acids is 1. The summed E-state index contributed by atoms with van der Waals surface area (Å²) in [5.74, 6) is 0.111. The third-order valence-corrected chi connectivity index (χ3v) is 6.81. The maximum absolute atomic E-state index is 12.2. The van der Waals surface area contributed by atoms with Gasteiger partial charge >= 0.3 is 5.97 Å². The maximum atomic E-state index is 12.2. The molecule has 2 aromatic heterocycles. The molecule has 0 amide bonds. The molecule has 8 nitrogen and oxygen atoms in total. The van der Waals surface area contributed by atoms with Gasteiger partial charge in [-0.25, -0.2) is 9.78 Å². The number of morpholine rings is 1. The van der Waals surface area contributed by atoms with Crippen molar-refractivity contribution >= 4 is 22.7 Å². The number of H-pyrrole nitrogens is 1. The van der Waals surface area contributed by atoms with Crippen molar-refractivity contribution in [3.8, 4) is 0 Å². The first kappa shape index (κ1) is 18.8. The Hall–Kier alpha value is -2.19. The number of rotatable bonds is 4. The number of carbonyl (C=O) groups is 1. The number of hydrogen-bond acceptors (Lipinski definition) is 7. The van der Waals surface area contributed by atoms with Crippen LogP contribution in [0, 0.1) is 0 Å². The number of pyridine rings is 1. The van der Waals surface area contributed by atoms with Gasteiger partial charge in [0.05, 0.1) is 31.4 Å². The molecule has 1 saturated carbocycles. The fourth-order valence-corrected chi connectivity index (χ4v) is 4.89. The Balaban J connectivity index is 0.00000218. The van der Waals surface area contributed by atoms with Gasteiger partial charge < -0.3 is 14.4 Å². The summed E-state index contributed by atoms with van der Waals surface area (Å²) in [7, 11) is 1.39. The lowest BCUT2D eigenvalue weighted by Gasteiger charge is -2.41. The van der Waals surface area contributed by atoms with Crippen molar-refractivity contribution in [2.45, 2.75) is 44.1 Å². The molecule has 4 heterocycles. The zero-order chi connectivity index (χ0) is 19.8. The van der Waals surface area contributed by atoms with Gasteiger partial charge in [-0.05, 0) is 31.7 Å². The Morgan fingerprint density at radius 1 is 1.21 bits per heavy atom. The number of aromatic amines is 1. The van der Waals surface area contributed by atoms with E-state index in [0.29, 0.717) is 23.3 Å². The number of ether oxygens (including phenoxy) is 2. The molecule has 2 aromatic rings. The van der Waals surface area contributed by atoms with Crippen molar-refractivity contribution in [2.75, 3.05) is 51.4 Å². The van der Waals surface area contributed by atoms with Crippen LogP contribution in [0.3, 0.4) is 0 Å². The molecule has 8 heteroatoms. The molecular formula is C21H31N5O3. The number of piperidine rings is 1. The first-order chi connectivity index (χ1) is 14.2. The Morgan fingerprint density at radius 3 is 2.62 bits per heavy atom. The third-order valence-electron chi connectivity index (χ3n) is 6.81. The normalized spacial score (nSPS) is 22.0. The lowest BCUT2D eigenvalue weighted by Crippen LogP contribution is -2.49. The quantitative estimate of drug-likeness (QED) is 0.788. The van der Waals surface area contributed by atoms with Gasteiger partial charge in [0, 0.05) is 45.3 Å². The average molecular weight is 402 g/mol. The van der Waals surface area contributed by atoms with Crippen LogP contribution in [0.15, 0.2) is 6.07 Å². The van der Waals surface area contributed by atoms with E-state index in [9.17, 15) is 4.79 Å². The highest BCUT2D eigenvalue weighted by Gasteiger charge is 2.31. The molecule has 158 valence electrons. The first-order valence-electron chi connectivity index (χ1n) is 10.8. The van der Waals surface area contributed by atoms with Gasteiger partial charge in [-0.2, -0.15) is 5.10 Å². The van der Waals surface area contributed by atoms with Gasteiger partial charge in [0.15, 0.2) is 11.3 Å². The monoisotopic (exact) mass is 401 g/mol. The molecule has 0 aromatic carbocycles. The zero-order valence-electron chi connectivity index (χ0n) is 17.0. The third kappa shape index (κ3) is 3.48. The van der Waals surface area contributed by atoms with Crippen molar-refractivity contribution < 1.29 is 15.7 Å². The second-order valence-corrected chi connectivity index (χ2v) is 8.35. The van der Waals surface area contributed by atoms with Crippen LogP contribution in [-0.2, 0) is 9.47 Å². The molecule has 0 atom stereocenters. The van der Waals surface area contributed by atoms with E-state index in [1.54, 1.807) is 0 Å². The topological polar surface area (TPSA) is 83.6 Å². The van der Waals surface area contributed by atoms with E-state index >= 15 is 0 Å². The molecule has 0 radical (unpaired) electrons. The molecule has 3 fully saturated rings. The minimum atomic E-state index is -0.412. The number of fused-ring (bicyclic) bond motifs is 1. The Kier molecular flexibility index (Phi) is 5.13. The molecule has 29 heavy (non-hydrogen) atoms. The van der Waals surface area contributed by atoms with Crippen molar-refractivity contribution in [3.63, 3.8) is 0 Å². The molecular weight excluding hydrogens is 370 g/mol. The first-order valence-corrected chi connectivity index (χ1v) is 10.8. The van der Waals surface area contributed by atoms with Gasteiger partial charge in [-0.15, -0.1) is 0 Å². The van der Waals surface area contributed by atoms with Crippen LogP contribution in [0.5, 0.6) is 0 Å². The summed E-state index contributed by atoms with van der Waals surface area (Å²) >= 11 is 0.